The number of aliphatic imine (C=N–C) groups is 1. The molecule has 0 aliphatic heterocycles. The van der Waals surface area contributed by atoms with Gasteiger partial charge in [0.05, 0.1) is 12.5 Å². The zero-order valence-corrected chi connectivity index (χ0v) is 15.2. The number of nitrogens with two attached hydrogens (primary N) is 1. The number of rotatable bonds is 10. The first kappa shape index (κ1) is 20.7. The number of amides is 1. The summed E-state index contributed by atoms with van der Waals surface area (Å²) in [6, 6.07) is 6.10. The van der Waals surface area contributed by atoms with Crippen LogP contribution in [0.3, 0.4) is 0 Å². The number of unbranched alkanes of at least 4 members (excludes halogenated alkanes) is 1. The molecular formula is C19H29FN4O. The molecule has 25 heavy (non-hydrogen) atoms. The molecule has 1 rings (SSSR count). The van der Waals surface area contributed by atoms with E-state index in [1.807, 2.05) is 24.9 Å². The minimum absolute atomic E-state index is 0.293. The summed E-state index contributed by atoms with van der Waals surface area (Å²) in [4.78, 5) is 18.3. The van der Waals surface area contributed by atoms with Crippen molar-refractivity contribution in [3.05, 3.63) is 48.3 Å². The lowest BCUT2D eigenvalue weighted by molar-refractivity contribution is -0.121. The molecule has 0 fully saturated rings. The zero-order valence-electron chi connectivity index (χ0n) is 15.2. The number of guanidine groups is 1. The average Bonchev–Trinajstić information content (AvgIpc) is 2.58. The summed E-state index contributed by atoms with van der Waals surface area (Å²) in [5, 5.41) is 3.22. The second kappa shape index (κ2) is 11.2. The van der Waals surface area contributed by atoms with Gasteiger partial charge in [0.1, 0.15) is 5.82 Å². The third-order valence-corrected chi connectivity index (χ3v) is 3.86. The van der Waals surface area contributed by atoms with E-state index in [4.69, 9.17) is 5.73 Å². The molecule has 6 heteroatoms. The van der Waals surface area contributed by atoms with E-state index >= 15 is 0 Å². The molecule has 3 N–H and O–H groups in total. The van der Waals surface area contributed by atoms with Crippen LogP contribution in [0.4, 0.5) is 4.39 Å². The monoisotopic (exact) mass is 348 g/mol. The molecule has 0 spiro atoms. The van der Waals surface area contributed by atoms with Crippen molar-refractivity contribution in [2.45, 2.75) is 26.2 Å². The molecule has 0 bridgehead atoms. The van der Waals surface area contributed by atoms with E-state index in [1.165, 1.54) is 12.1 Å². The van der Waals surface area contributed by atoms with Gasteiger partial charge in [-0.2, -0.15) is 0 Å². The first-order valence-electron chi connectivity index (χ1n) is 8.62. The van der Waals surface area contributed by atoms with Crippen LogP contribution in [0.15, 0.2) is 41.9 Å². The normalized spacial score (nSPS) is 12.5. The van der Waals surface area contributed by atoms with Gasteiger partial charge in [0.25, 0.3) is 0 Å². The number of primary amides is 1. The van der Waals surface area contributed by atoms with Crippen molar-refractivity contribution in [3.8, 4) is 0 Å². The number of hydrogen-bond acceptors (Lipinski definition) is 2. The number of nitrogens with one attached hydrogen (secondary N) is 1. The average molecular weight is 348 g/mol. The molecule has 1 atom stereocenters. The summed E-state index contributed by atoms with van der Waals surface area (Å²) >= 11 is 0. The number of benzene rings is 1. The molecule has 1 aromatic rings. The summed E-state index contributed by atoms with van der Waals surface area (Å²) in [6.07, 6.45) is 4.26. The van der Waals surface area contributed by atoms with Crippen molar-refractivity contribution in [2.24, 2.45) is 16.6 Å². The van der Waals surface area contributed by atoms with Gasteiger partial charge in [-0.15, -0.1) is 6.58 Å². The van der Waals surface area contributed by atoms with Gasteiger partial charge in [0.2, 0.25) is 5.91 Å². The Morgan fingerprint density at radius 2 is 2.12 bits per heavy atom. The standard InChI is InChI=1S/C19H29FN4O/c1-4-6-7-12-24(3)19(22-5-2)23-14-16(18(21)25)13-15-8-10-17(20)11-9-15/h4,8-11,16H,1,5-7,12-14H2,2-3H3,(H2,21,25)(H,22,23). The van der Waals surface area contributed by atoms with Crippen LogP contribution in [-0.4, -0.2) is 43.4 Å². The van der Waals surface area contributed by atoms with Gasteiger partial charge >= 0.3 is 0 Å². The van der Waals surface area contributed by atoms with Crippen molar-refractivity contribution >= 4 is 11.9 Å². The molecular weight excluding hydrogens is 319 g/mol. The predicted molar refractivity (Wildman–Crippen MR) is 101 cm³/mol. The van der Waals surface area contributed by atoms with E-state index in [-0.39, 0.29) is 5.82 Å². The fourth-order valence-electron chi connectivity index (χ4n) is 2.41. The molecule has 0 aliphatic rings. The molecule has 0 saturated heterocycles. The first-order chi connectivity index (χ1) is 12.0. The third-order valence-electron chi connectivity index (χ3n) is 3.86. The van der Waals surface area contributed by atoms with Crippen molar-refractivity contribution in [1.29, 1.82) is 0 Å². The van der Waals surface area contributed by atoms with Crippen LogP contribution >= 0.6 is 0 Å². The lowest BCUT2D eigenvalue weighted by Gasteiger charge is -2.22. The topological polar surface area (TPSA) is 70.7 Å². The summed E-state index contributed by atoms with van der Waals surface area (Å²) in [7, 11) is 1.96. The van der Waals surface area contributed by atoms with Gasteiger partial charge in [-0.25, -0.2) is 4.39 Å². The van der Waals surface area contributed by atoms with Crippen molar-refractivity contribution in [2.75, 3.05) is 26.7 Å². The second-order valence-electron chi connectivity index (χ2n) is 5.98. The number of halogens is 1. The number of hydrogen-bond donors (Lipinski definition) is 2. The van der Waals surface area contributed by atoms with E-state index in [9.17, 15) is 9.18 Å². The highest BCUT2D eigenvalue weighted by Gasteiger charge is 2.17. The predicted octanol–water partition coefficient (Wildman–Crippen LogP) is 2.33. The highest BCUT2D eigenvalue weighted by molar-refractivity contribution is 5.81. The van der Waals surface area contributed by atoms with Crippen LogP contribution in [0, 0.1) is 11.7 Å². The maximum absolute atomic E-state index is 13.0. The van der Waals surface area contributed by atoms with Crippen molar-refractivity contribution < 1.29 is 9.18 Å². The molecule has 0 aliphatic carbocycles. The maximum atomic E-state index is 13.0. The molecule has 1 aromatic carbocycles. The molecule has 0 radical (unpaired) electrons. The Bertz CT molecular complexity index is 571. The second-order valence-corrected chi connectivity index (χ2v) is 5.98. The lowest BCUT2D eigenvalue weighted by atomic mass is 9.99. The van der Waals surface area contributed by atoms with Crippen LogP contribution in [0.25, 0.3) is 0 Å². The van der Waals surface area contributed by atoms with Gasteiger partial charge in [-0.3, -0.25) is 9.79 Å². The number of carbonyl (C=O) groups excluding carboxylic acids is 1. The minimum atomic E-state index is -0.430. The van der Waals surface area contributed by atoms with Crippen molar-refractivity contribution in [1.82, 2.24) is 10.2 Å². The zero-order chi connectivity index (χ0) is 18.7. The van der Waals surface area contributed by atoms with E-state index in [1.54, 1.807) is 12.1 Å². The third kappa shape index (κ3) is 7.83. The molecule has 0 saturated carbocycles. The van der Waals surface area contributed by atoms with Crippen LogP contribution in [0.2, 0.25) is 0 Å². The molecule has 1 amide bonds. The quantitative estimate of drug-likeness (QED) is 0.295. The van der Waals surface area contributed by atoms with Crippen LogP contribution in [0.5, 0.6) is 0 Å². The fraction of sp³-hybridized carbons (Fsp3) is 0.474. The largest absolute Gasteiger partial charge is 0.369 e. The van der Waals surface area contributed by atoms with Gasteiger partial charge in [0.15, 0.2) is 5.96 Å². The minimum Gasteiger partial charge on any atom is -0.369 e. The van der Waals surface area contributed by atoms with Crippen LogP contribution in [0.1, 0.15) is 25.3 Å². The van der Waals surface area contributed by atoms with Gasteiger partial charge < -0.3 is 16.0 Å². The molecule has 138 valence electrons. The number of allylic oxidation sites excluding steroid dienone is 1. The van der Waals surface area contributed by atoms with Gasteiger partial charge in [-0.05, 0) is 43.9 Å². The van der Waals surface area contributed by atoms with E-state index in [2.05, 4.69) is 16.9 Å². The summed E-state index contributed by atoms with van der Waals surface area (Å²) < 4.78 is 13.0. The molecule has 1 unspecified atom stereocenters. The Labute approximate surface area is 149 Å². The maximum Gasteiger partial charge on any atom is 0.222 e. The lowest BCUT2D eigenvalue weighted by Crippen LogP contribution is -2.40. The Morgan fingerprint density at radius 3 is 2.68 bits per heavy atom. The van der Waals surface area contributed by atoms with E-state index < -0.39 is 11.8 Å². The number of carbonyl (C=O) groups is 1. The Kier molecular flexibility index (Phi) is 9.29. The Balaban J connectivity index is 2.75. The Hall–Kier alpha value is -2.37. The number of nitrogens with zero attached hydrogens (tertiary/aromatic N) is 2. The molecule has 0 aromatic heterocycles. The smallest absolute Gasteiger partial charge is 0.222 e. The van der Waals surface area contributed by atoms with Crippen molar-refractivity contribution in [3.63, 3.8) is 0 Å². The van der Waals surface area contributed by atoms with Crippen LogP contribution < -0.4 is 11.1 Å². The van der Waals surface area contributed by atoms with Gasteiger partial charge in [0, 0.05) is 20.1 Å². The first-order valence-corrected chi connectivity index (χ1v) is 8.62. The SMILES string of the molecule is C=CCCCN(C)C(=NCC(Cc1ccc(F)cc1)C(N)=O)NCC. The molecule has 5 nitrogen and oxygen atoms in total. The highest BCUT2D eigenvalue weighted by atomic mass is 19.1. The van der Waals surface area contributed by atoms with Crippen LogP contribution in [-0.2, 0) is 11.2 Å². The molecule has 0 heterocycles. The Morgan fingerprint density at radius 1 is 1.44 bits per heavy atom. The summed E-state index contributed by atoms with van der Waals surface area (Å²) in [6.45, 7) is 7.60. The summed E-state index contributed by atoms with van der Waals surface area (Å²) in [5.74, 6) is -0.385. The highest BCUT2D eigenvalue weighted by Crippen LogP contribution is 2.11. The van der Waals surface area contributed by atoms with E-state index in [0.717, 1.165) is 37.5 Å². The summed E-state index contributed by atoms with van der Waals surface area (Å²) in [5.41, 5.74) is 6.39. The van der Waals surface area contributed by atoms with E-state index in [0.29, 0.717) is 13.0 Å². The van der Waals surface area contributed by atoms with Gasteiger partial charge in [-0.1, -0.05) is 18.2 Å². The fourth-order valence-corrected chi connectivity index (χ4v) is 2.41.